The number of halogens is 1. The molecule has 0 spiro atoms. The van der Waals surface area contributed by atoms with Gasteiger partial charge in [-0.2, -0.15) is 4.98 Å². The maximum absolute atomic E-state index is 5.60. The number of anilines is 2. The van der Waals surface area contributed by atoms with Crippen LogP contribution in [0.5, 0.6) is 0 Å². The smallest absolute Gasteiger partial charge is 0.221 e. The van der Waals surface area contributed by atoms with Crippen molar-refractivity contribution in [3.63, 3.8) is 0 Å². The van der Waals surface area contributed by atoms with Gasteiger partial charge in [-0.1, -0.05) is 24.3 Å². The van der Waals surface area contributed by atoms with Crippen molar-refractivity contribution in [3.8, 4) is 0 Å². The minimum atomic E-state index is 0.288. The molecule has 0 unspecified atom stereocenters. The molecule has 0 amide bonds. The zero-order valence-corrected chi connectivity index (χ0v) is 11.3. The molecule has 0 bridgehead atoms. The predicted molar refractivity (Wildman–Crippen MR) is 75.4 cm³/mol. The molecule has 1 aliphatic rings. The second kappa shape index (κ2) is 4.57. The first kappa shape index (κ1) is 11.5. The van der Waals surface area contributed by atoms with E-state index in [4.69, 9.17) is 5.73 Å². The third-order valence-corrected chi connectivity index (χ3v) is 3.73. The molecular weight excluding hydrogens is 292 g/mol. The zero-order valence-electron chi connectivity index (χ0n) is 9.73. The lowest BCUT2D eigenvalue weighted by Crippen LogP contribution is -2.21. The molecule has 3 rings (SSSR count). The fourth-order valence-electron chi connectivity index (χ4n) is 2.34. The average Bonchev–Trinajstić information content (AvgIpc) is 2.76. The van der Waals surface area contributed by atoms with Crippen molar-refractivity contribution in [3.05, 3.63) is 46.1 Å². The standard InChI is InChI=1S/C13H13BrN4/c14-11-7-16-13(15)18-12(11)17-10-5-8-3-1-2-4-9(8)6-10/h1-4,7,10H,5-6H2,(H3,15,16,17,18). The highest BCUT2D eigenvalue weighted by Crippen LogP contribution is 2.26. The molecule has 0 fully saturated rings. The summed E-state index contributed by atoms with van der Waals surface area (Å²) >= 11 is 3.43. The Morgan fingerprint density at radius 2 is 1.89 bits per heavy atom. The van der Waals surface area contributed by atoms with E-state index in [1.54, 1.807) is 6.20 Å². The summed E-state index contributed by atoms with van der Waals surface area (Å²) in [7, 11) is 0. The quantitative estimate of drug-likeness (QED) is 0.894. The van der Waals surface area contributed by atoms with Crippen LogP contribution in [0.2, 0.25) is 0 Å². The van der Waals surface area contributed by atoms with Crippen molar-refractivity contribution < 1.29 is 0 Å². The minimum absolute atomic E-state index is 0.288. The van der Waals surface area contributed by atoms with Crippen LogP contribution in [0.3, 0.4) is 0 Å². The molecule has 92 valence electrons. The maximum atomic E-state index is 5.60. The minimum Gasteiger partial charge on any atom is -0.368 e. The molecule has 0 aliphatic heterocycles. The van der Waals surface area contributed by atoms with E-state index < -0.39 is 0 Å². The Balaban J connectivity index is 1.78. The second-order valence-corrected chi connectivity index (χ2v) is 5.30. The van der Waals surface area contributed by atoms with Crippen molar-refractivity contribution >= 4 is 27.7 Å². The van der Waals surface area contributed by atoms with E-state index in [-0.39, 0.29) is 5.95 Å². The van der Waals surface area contributed by atoms with Crippen molar-refractivity contribution in [1.82, 2.24) is 9.97 Å². The van der Waals surface area contributed by atoms with Gasteiger partial charge in [-0.25, -0.2) is 4.98 Å². The van der Waals surface area contributed by atoms with Gasteiger partial charge in [0.25, 0.3) is 0 Å². The van der Waals surface area contributed by atoms with Crippen LogP contribution >= 0.6 is 15.9 Å². The first-order chi connectivity index (χ1) is 8.72. The first-order valence-corrected chi connectivity index (χ1v) is 6.63. The van der Waals surface area contributed by atoms with E-state index in [9.17, 15) is 0 Å². The van der Waals surface area contributed by atoms with E-state index in [1.165, 1.54) is 11.1 Å². The lowest BCUT2D eigenvalue weighted by molar-refractivity contribution is 0.767. The van der Waals surface area contributed by atoms with Crippen molar-refractivity contribution in [2.75, 3.05) is 11.1 Å². The van der Waals surface area contributed by atoms with Gasteiger partial charge >= 0.3 is 0 Å². The van der Waals surface area contributed by atoms with Crippen LogP contribution < -0.4 is 11.1 Å². The van der Waals surface area contributed by atoms with Crippen LogP contribution in [0.4, 0.5) is 11.8 Å². The highest BCUT2D eigenvalue weighted by molar-refractivity contribution is 9.10. The van der Waals surface area contributed by atoms with Gasteiger partial charge in [-0.15, -0.1) is 0 Å². The van der Waals surface area contributed by atoms with Gasteiger partial charge in [0, 0.05) is 12.2 Å². The van der Waals surface area contributed by atoms with Gasteiger partial charge in [0.1, 0.15) is 5.82 Å². The molecule has 1 aromatic carbocycles. The molecule has 0 saturated heterocycles. The maximum Gasteiger partial charge on any atom is 0.221 e. The van der Waals surface area contributed by atoms with Crippen LogP contribution in [-0.2, 0) is 12.8 Å². The molecule has 0 radical (unpaired) electrons. The fraction of sp³-hybridized carbons (Fsp3) is 0.231. The summed E-state index contributed by atoms with van der Waals surface area (Å²) in [6, 6.07) is 8.90. The fourth-order valence-corrected chi connectivity index (χ4v) is 2.64. The molecule has 4 nitrogen and oxygen atoms in total. The van der Waals surface area contributed by atoms with Gasteiger partial charge in [0.2, 0.25) is 5.95 Å². The molecule has 1 aromatic heterocycles. The molecule has 0 saturated carbocycles. The number of nitrogens with zero attached hydrogens (tertiary/aromatic N) is 2. The monoisotopic (exact) mass is 304 g/mol. The molecule has 0 atom stereocenters. The SMILES string of the molecule is Nc1ncc(Br)c(NC2Cc3ccccc3C2)n1. The van der Waals surface area contributed by atoms with Gasteiger partial charge < -0.3 is 11.1 Å². The summed E-state index contributed by atoms with van der Waals surface area (Å²) in [5.74, 6) is 1.05. The molecule has 18 heavy (non-hydrogen) atoms. The van der Waals surface area contributed by atoms with Gasteiger partial charge in [-0.3, -0.25) is 0 Å². The van der Waals surface area contributed by atoms with Crippen LogP contribution in [0.25, 0.3) is 0 Å². The molecule has 2 aromatic rings. The van der Waals surface area contributed by atoms with Crippen LogP contribution in [-0.4, -0.2) is 16.0 Å². The normalized spacial score (nSPS) is 14.5. The highest BCUT2D eigenvalue weighted by Gasteiger charge is 2.21. The van der Waals surface area contributed by atoms with E-state index >= 15 is 0 Å². The van der Waals surface area contributed by atoms with Crippen LogP contribution in [0.15, 0.2) is 34.9 Å². The molecule has 1 heterocycles. The number of benzene rings is 1. The van der Waals surface area contributed by atoms with Crippen molar-refractivity contribution in [2.24, 2.45) is 0 Å². The molecule has 1 aliphatic carbocycles. The van der Waals surface area contributed by atoms with Crippen molar-refractivity contribution in [2.45, 2.75) is 18.9 Å². The Labute approximate surface area is 114 Å². The van der Waals surface area contributed by atoms with E-state index in [0.717, 1.165) is 23.1 Å². The number of nitrogens with one attached hydrogen (secondary N) is 1. The van der Waals surface area contributed by atoms with Gasteiger partial charge in [0.05, 0.1) is 4.47 Å². The van der Waals surface area contributed by atoms with E-state index in [1.807, 2.05) is 0 Å². The van der Waals surface area contributed by atoms with E-state index in [0.29, 0.717) is 6.04 Å². The lowest BCUT2D eigenvalue weighted by atomic mass is 10.1. The number of hydrogen-bond donors (Lipinski definition) is 2. The molecule has 5 heteroatoms. The third-order valence-electron chi connectivity index (χ3n) is 3.15. The largest absolute Gasteiger partial charge is 0.368 e. The highest BCUT2D eigenvalue weighted by atomic mass is 79.9. The zero-order chi connectivity index (χ0) is 12.5. The number of nitrogen functional groups attached to an aromatic ring is 1. The topological polar surface area (TPSA) is 63.8 Å². The number of nitrogens with two attached hydrogens (primary N) is 1. The number of aromatic nitrogens is 2. The summed E-state index contributed by atoms with van der Waals surface area (Å²) in [4.78, 5) is 8.14. The molecular formula is C13H13BrN4. The summed E-state index contributed by atoms with van der Waals surface area (Å²) in [6.07, 6.45) is 3.71. The summed E-state index contributed by atoms with van der Waals surface area (Å²) in [5, 5.41) is 3.42. The number of fused-ring (bicyclic) bond motifs is 1. The second-order valence-electron chi connectivity index (χ2n) is 4.44. The summed E-state index contributed by atoms with van der Waals surface area (Å²) in [6.45, 7) is 0. The first-order valence-electron chi connectivity index (χ1n) is 5.83. The van der Waals surface area contributed by atoms with Crippen LogP contribution in [0.1, 0.15) is 11.1 Å². The average molecular weight is 305 g/mol. The number of hydrogen-bond acceptors (Lipinski definition) is 4. The van der Waals surface area contributed by atoms with Gasteiger partial charge in [0.15, 0.2) is 0 Å². The third kappa shape index (κ3) is 2.18. The molecule has 3 N–H and O–H groups in total. The Bertz CT molecular complexity index is 560. The van der Waals surface area contributed by atoms with Crippen molar-refractivity contribution in [1.29, 1.82) is 0 Å². The lowest BCUT2D eigenvalue weighted by Gasteiger charge is -2.13. The Morgan fingerprint density at radius 3 is 2.56 bits per heavy atom. The number of rotatable bonds is 2. The Kier molecular flexibility index (Phi) is 2.91. The Morgan fingerprint density at radius 1 is 1.22 bits per heavy atom. The summed E-state index contributed by atoms with van der Waals surface area (Å²) in [5.41, 5.74) is 8.42. The Hall–Kier alpha value is -1.62. The van der Waals surface area contributed by atoms with E-state index in [2.05, 4.69) is 55.5 Å². The summed E-state index contributed by atoms with van der Waals surface area (Å²) < 4.78 is 0.840. The predicted octanol–water partition coefficient (Wildman–Crippen LogP) is 2.40. The van der Waals surface area contributed by atoms with Crippen LogP contribution in [0, 0.1) is 0 Å². The van der Waals surface area contributed by atoms with Gasteiger partial charge in [-0.05, 0) is 39.9 Å².